The number of aryl methyl sites for hydroxylation is 2. The van der Waals surface area contributed by atoms with Crippen molar-refractivity contribution in [3.8, 4) is 0 Å². The number of thiophene rings is 1. The van der Waals surface area contributed by atoms with Crippen molar-refractivity contribution in [3.63, 3.8) is 0 Å². The molecular formula is C17H15F3N6OS. The van der Waals surface area contributed by atoms with Gasteiger partial charge in [0.05, 0.1) is 16.6 Å². The monoisotopic (exact) mass is 408 g/mol. The average molecular weight is 408 g/mol. The fourth-order valence-electron chi connectivity index (χ4n) is 3.19. The van der Waals surface area contributed by atoms with Gasteiger partial charge in [-0.2, -0.15) is 28.4 Å². The van der Waals surface area contributed by atoms with Gasteiger partial charge in [0, 0.05) is 23.2 Å². The molecule has 0 fully saturated rings. The van der Waals surface area contributed by atoms with Gasteiger partial charge >= 0.3 is 6.18 Å². The van der Waals surface area contributed by atoms with Crippen LogP contribution in [0.15, 0.2) is 35.9 Å². The van der Waals surface area contributed by atoms with Gasteiger partial charge in [-0.05, 0) is 26.0 Å². The van der Waals surface area contributed by atoms with E-state index in [0.717, 1.165) is 22.5 Å². The quantitative estimate of drug-likeness (QED) is 0.672. The third-order valence-corrected chi connectivity index (χ3v) is 5.66. The highest BCUT2D eigenvalue weighted by molar-refractivity contribution is 7.14. The van der Waals surface area contributed by atoms with E-state index in [-0.39, 0.29) is 10.8 Å². The van der Waals surface area contributed by atoms with Crippen LogP contribution in [0.5, 0.6) is 0 Å². The number of alkyl halides is 3. The maximum absolute atomic E-state index is 13.9. The summed E-state index contributed by atoms with van der Waals surface area (Å²) in [6, 6.07) is 2.14. The van der Waals surface area contributed by atoms with Crippen molar-refractivity contribution in [1.29, 1.82) is 0 Å². The summed E-state index contributed by atoms with van der Waals surface area (Å²) in [7, 11) is 1.68. The number of Topliss-reactive ketones (excluding diaryl/α,β-unsaturated/α-hetero) is 1. The molecule has 3 aromatic rings. The number of hydrogen-bond acceptors (Lipinski definition) is 6. The molecule has 1 N–H and O–H groups in total. The second-order valence-corrected chi connectivity index (χ2v) is 7.68. The Morgan fingerprint density at radius 2 is 2.00 bits per heavy atom. The topological polar surface area (TPSA) is 77.6 Å². The third-order valence-electron chi connectivity index (χ3n) is 4.66. The van der Waals surface area contributed by atoms with Crippen LogP contribution in [0, 0.1) is 13.8 Å². The van der Waals surface area contributed by atoms with E-state index in [9.17, 15) is 18.0 Å². The van der Waals surface area contributed by atoms with E-state index < -0.39 is 29.3 Å². The van der Waals surface area contributed by atoms with Gasteiger partial charge in [-0.3, -0.25) is 9.48 Å². The molecule has 4 heterocycles. The summed E-state index contributed by atoms with van der Waals surface area (Å²) in [5, 5.41) is 10.4. The minimum Gasteiger partial charge on any atom is -0.320 e. The van der Waals surface area contributed by atoms with Crippen LogP contribution in [0.4, 0.5) is 19.1 Å². The van der Waals surface area contributed by atoms with Gasteiger partial charge in [-0.15, -0.1) is 11.3 Å². The minimum atomic E-state index is -4.77. The summed E-state index contributed by atoms with van der Waals surface area (Å²) in [5.41, 5.74) is -0.475. The molecule has 1 atom stereocenters. The summed E-state index contributed by atoms with van der Waals surface area (Å²) in [5.74, 6) is -0.785. The fraction of sp³-hybridized carbons (Fsp3) is 0.294. The van der Waals surface area contributed by atoms with Gasteiger partial charge in [-0.25, -0.2) is 4.68 Å². The van der Waals surface area contributed by atoms with Gasteiger partial charge in [0.15, 0.2) is 0 Å². The highest BCUT2D eigenvalue weighted by Crippen LogP contribution is 2.43. The number of ketones is 1. The Kier molecular flexibility index (Phi) is 4.14. The lowest BCUT2D eigenvalue weighted by atomic mass is 9.92. The molecule has 146 valence electrons. The van der Waals surface area contributed by atoms with Crippen LogP contribution in [-0.2, 0) is 7.05 Å². The molecule has 0 spiro atoms. The summed E-state index contributed by atoms with van der Waals surface area (Å²) in [6.07, 6.45) is -2.17. The third kappa shape index (κ3) is 2.82. The molecule has 3 aromatic heterocycles. The van der Waals surface area contributed by atoms with Crippen LogP contribution in [0.3, 0.4) is 0 Å². The summed E-state index contributed by atoms with van der Waals surface area (Å²) < 4.78 is 44.6. The molecular weight excluding hydrogens is 393 g/mol. The highest BCUT2D eigenvalue weighted by Gasteiger charge is 2.46. The lowest BCUT2D eigenvalue weighted by molar-refractivity contribution is -0.0918. The van der Waals surface area contributed by atoms with E-state index in [1.165, 1.54) is 16.9 Å². The maximum atomic E-state index is 13.9. The van der Waals surface area contributed by atoms with E-state index in [0.29, 0.717) is 11.3 Å². The number of fused-ring (bicyclic) bond motifs is 1. The lowest BCUT2D eigenvalue weighted by Crippen LogP contribution is -2.35. The lowest BCUT2D eigenvalue weighted by Gasteiger charge is -2.30. The van der Waals surface area contributed by atoms with Gasteiger partial charge in [0.2, 0.25) is 11.7 Å². The van der Waals surface area contributed by atoms with Crippen LogP contribution in [0.1, 0.15) is 31.8 Å². The van der Waals surface area contributed by atoms with Crippen LogP contribution in [0.25, 0.3) is 0 Å². The normalized spacial score (nSPS) is 16.9. The number of aromatic nitrogens is 5. The first-order chi connectivity index (χ1) is 13.2. The predicted octanol–water partition coefficient (Wildman–Crippen LogP) is 3.40. The van der Waals surface area contributed by atoms with Gasteiger partial charge in [-0.1, -0.05) is 0 Å². The molecule has 0 saturated heterocycles. The summed E-state index contributed by atoms with van der Waals surface area (Å²) in [6.45, 7) is 3.52. The molecule has 0 saturated carbocycles. The van der Waals surface area contributed by atoms with E-state index in [1.807, 2.05) is 0 Å². The second-order valence-electron chi connectivity index (χ2n) is 6.39. The minimum absolute atomic E-state index is 0.0838. The first-order valence-corrected chi connectivity index (χ1v) is 9.07. The van der Waals surface area contributed by atoms with E-state index in [4.69, 9.17) is 0 Å². The molecule has 0 aliphatic carbocycles. The zero-order chi connectivity index (χ0) is 20.2. The number of allylic oxidation sites excluding steroid dienone is 2. The number of nitrogens with zero attached hydrogens (tertiary/aromatic N) is 5. The molecule has 28 heavy (non-hydrogen) atoms. The number of carbonyl (C=O) groups is 1. The highest BCUT2D eigenvalue weighted by atomic mass is 32.1. The van der Waals surface area contributed by atoms with Crippen molar-refractivity contribution in [3.05, 3.63) is 56.9 Å². The molecule has 0 aromatic carbocycles. The molecule has 11 heteroatoms. The Hall–Kier alpha value is -2.95. The van der Waals surface area contributed by atoms with Gasteiger partial charge < -0.3 is 5.32 Å². The second kappa shape index (κ2) is 6.30. The Balaban J connectivity index is 2.00. The van der Waals surface area contributed by atoms with E-state index >= 15 is 0 Å². The smallest absolute Gasteiger partial charge is 0.320 e. The number of hydrogen-bond donors (Lipinski definition) is 1. The van der Waals surface area contributed by atoms with Crippen molar-refractivity contribution >= 4 is 23.1 Å². The molecule has 0 bridgehead atoms. The maximum Gasteiger partial charge on any atom is 0.431 e. The first-order valence-electron chi connectivity index (χ1n) is 8.26. The molecule has 1 unspecified atom stereocenters. The summed E-state index contributed by atoms with van der Waals surface area (Å²) in [4.78, 5) is 18.2. The van der Waals surface area contributed by atoms with Crippen molar-refractivity contribution in [2.45, 2.75) is 26.1 Å². The van der Waals surface area contributed by atoms with Crippen LogP contribution in [-0.4, -0.2) is 36.5 Å². The standard InChI is InChI=1S/C17H15F3N6OS/c1-8-4-5-11(28-8)14(27)12-13(10-6-22-25(3)9(10)2)26-16(21-7-23-26)24-15(12)17(18,19)20/h4-7,13H,1-3H3,(H,21,23,24). The zero-order valence-corrected chi connectivity index (χ0v) is 15.9. The van der Waals surface area contributed by atoms with Crippen molar-refractivity contribution in [2.24, 2.45) is 7.05 Å². The van der Waals surface area contributed by atoms with Gasteiger partial charge in [0.1, 0.15) is 18.1 Å². The number of halogens is 3. The van der Waals surface area contributed by atoms with Crippen LogP contribution >= 0.6 is 11.3 Å². The number of rotatable bonds is 3. The molecule has 7 nitrogen and oxygen atoms in total. The number of anilines is 1. The molecule has 0 radical (unpaired) electrons. The van der Waals surface area contributed by atoms with Gasteiger partial charge in [0.25, 0.3) is 0 Å². The van der Waals surface area contributed by atoms with Crippen molar-refractivity contribution < 1.29 is 18.0 Å². The largest absolute Gasteiger partial charge is 0.431 e. The first kappa shape index (κ1) is 18.4. The van der Waals surface area contributed by atoms with E-state index in [2.05, 4.69) is 20.5 Å². The Morgan fingerprint density at radius 1 is 1.25 bits per heavy atom. The number of nitrogens with one attached hydrogen (secondary N) is 1. The Labute approximate surface area is 161 Å². The zero-order valence-electron chi connectivity index (χ0n) is 15.1. The van der Waals surface area contributed by atoms with Crippen molar-refractivity contribution in [2.75, 3.05) is 5.32 Å². The van der Waals surface area contributed by atoms with Crippen LogP contribution < -0.4 is 5.32 Å². The predicted molar refractivity (Wildman–Crippen MR) is 96.2 cm³/mol. The fourth-order valence-corrected chi connectivity index (χ4v) is 4.01. The van der Waals surface area contributed by atoms with Crippen molar-refractivity contribution in [1.82, 2.24) is 24.5 Å². The number of carbonyl (C=O) groups excluding carboxylic acids is 1. The SMILES string of the molecule is Cc1ccc(C(=O)C2=C(C(F)(F)F)Nc3ncnn3C2c2cnn(C)c2C)s1. The molecule has 1 aliphatic heterocycles. The van der Waals surface area contributed by atoms with E-state index in [1.54, 1.807) is 31.6 Å². The summed E-state index contributed by atoms with van der Waals surface area (Å²) >= 11 is 1.15. The Bertz CT molecular complexity index is 1110. The average Bonchev–Trinajstić information content (AvgIpc) is 3.34. The molecule has 1 aliphatic rings. The molecule has 4 rings (SSSR count). The Morgan fingerprint density at radius 3 is 2.57 bits per heavy atom. The molecule has 0 amide bonds. The van der Waals surface area contributed by atoms with Crippen LogP contribution in [0.2, 0.25) is 0 Å².